The highest BCUT2D eigenvalue weighted by Crippen LogP contribution is 2.28. The van der Waals surface area contributed by atoms with E-state index in [2.05, 4.69) is 10.3 Å². The number of ether oxygens (including phenoxy) is 1. The fourth-order valence-corrected chi connectivity index (χ4v) is 3.40. The maximum absolute atomic E-state index is 12.5. The van der Waals surface area contributed by atoms with Crippen molar-refractivity contribution in [2.24, 2.45) is 0 Å². The first kappa shape index (κ1) is 19.7. The molecule has 1 aromatic heterocycles. The van der Waals surface area contributed by atoms with E-state index in [-0.39, 0.29) is 12.5 Å². The molecule has 0 saturated carbocycles. The van der Waals surface area contributed by atoms with Crippen LogP contribution in [0.2, 0.25) is 0 Å². The van der Waals surface area contributed by atoms with E-state index in [4.69, 9.17) is 9.15 Å². The summed E-state index contributed by atoms with van der Waals surface area (Å²) < 4.78 is 11.7. The van der Waals surface area contributed by atoms with Crippen LogP contribution in [0, 0.1) is 27.7 Å². The van der Waals surface area contributed by atoms with E-state index in [0.717, 1.165) is 44.7 Å². The Kier molecular flexibility index (Phi) is 5.27. The van der Waals surface area contributed by atoms with Gasteiger partial charge >= 0.3 is 0 Å². The Bertz CT molecular complexity index is 1220. The average Bonchev–Trinajstić information content (AvgIpc) is 3.12. The number of hydrogen-bond acceptors (Lipinski definition) is 4. The first-order chi connectivity index (χ1) is 14.4. The maximum atomic E-state index is 12.5. The molecular formula is C25H24N2O3. The van der Waals surface area contributed by atoms with Gasteiger partial charge in [0.2, 0.25) is 5.89 Å². The standard InChI is InChI=1S/C25H24N2O3/c1-15-8-11-22-21(12-15)27-25(30-22)19-10-9-16(2)20(13-19)26-23(28)14-29-24-17(3)6-5-7-18(24)4/h5-13H,14H2,1-4H3,(H,26,28). The van der Waals surface area contributed by atoms with Gasteiger partial charge in [-0.2, -0.15) is 0 Å². The Hall–Kier alpha value is -3.60. The van der Waals surface area contributed by atoms with Gasteiger partial charge in [-0.1, -0.05) is 30.3 Å². The van der Waals surface area contributed by atoms with Crippen LogP contribution in [-0.2, 0) is 4.79 Å². The number of fused-ring (bicyclic) bond motifs is 1. The molecule has 0 atom stereocenters. The molecule has 0 spiro atoms. The molecule has 3 aromatic carbocycles. The van der Waals surface area contributed by atoms with Gasteiger partial charge in [-0.25, -0.2) is 4.98 Å². The molecule has 0 bridgehead atoms. The van der Waals surface area contributed by atoms with Crippen molar-refractivity contribution in [2.75, 3.05) is 11.9 Å². The zero-order chi connectivity index (χ0) is 21.3. The van der Waals surface area contributed by atoms with Gasteiger partial charge in [0.1, 0.15) is 11.3 Å². The number of carbonyl (C=O) groups is 1. The molecule has 152 valence electrons. The number of benzene rings is 3. The first-order valence-electron chi connectivity index (χ1n) is 9.88. The number of nitrogens with zero attached hydrogens (tertiary/aromatic N) is 1. The fourth-order valence-electron chi connectivity index (χ4n) is 3.40. The predicted molar refractivity (Wildman–Crippen MR) is 119 cm³/mol. The highest BCUT2D eigenvalue weighted by atomic mass is 16.5. The van der Waals surface area contributed by atoms with Gasteiger partial charge in [0.05, 0.1) is 0 Å². The summed E-state index contributed by atoms with van der Waals surface area (Å²) in [7, 11) is 0. The lowest BCUT2D eigenvalue weighted by Gasteiger charge is -2.13. The van der Waals surface area contributed by atoms with Gasteiger partial charge in [0, 0.05) is 11.3 Å². The molecule has 0 aliphatic heterocycles. The molecule has 4 rings (SSSR count). The second kappa shape index (κ2) is 8.03. The zero-order valence-electron chi connectivity index (χ0n) is 17.6. The van der Waals surface area contributed by atoms with Crippen molar-refractivity contribution in [3.05, 3.63) is 76.9 Å². The number of nitrogens with one attached hydrogen (secondary N) is 1. The topological polar surface area (TPSA) is 64.4 Å². The highest BCUT2D eigenvalue weighted by molar-refractivity contribution is 5.93. The Balaban J connectivity index is 1.52. The van der Waals surface area contributed by atoms with Crippen molar-refractivity contribution in [1.29, 1.82) is 0 Å². The lowest BCUT2D eigenvalue weighted by atomic mass is 10.1. The number of amides is 1. The molecule has 5 heteroatoms. The number of rotatable bonds is 5. The lowest BCUT2D eigenvalue weighted by Crippen LogP contribution is -2.21. The summed E-state index contributed by atoms with van der Waals surface area (Å²) in [6.45, 7) is 7.85. The molecule has 1 heterocycles. The SMILES string of the molecule is Cc1ccc2oc(-c3ccc(C)c(NC(=O)COc4c(C)cccc4C)c3)nc2c1. The molecule has 1 N–H and O–H groups in total. The van der Waals surface area contributed by atoms with Crippen molar-refractivity contribution in [1.82, 2.24) is 4.98 Å². The normalized spacial score (nSPS) is 10.9. The fraction of sp³-hybridized carbons (Fsp3) is 0.200. The van der Waals surface area contributed by atoms with E-state index >= 15 is 0 Å². The maximum Gasteiger partial charge on any atom is 0.262 e. The second-order valence-corrected chi connectivity index (χ2v) is 7.58. The minimum atomic E-state index is -0.217. The summed E-state index contributed by atoms with van der Waals surface area (Å²) in [5.41, 5.74) is 7.16. The molecule has 1 amide bonds. The summed E-state index contributed by atoms with van der Waals surface area (Å²) >= 11 is 0. The van der Waals surface area contributed by atoms with Crippen molar-refractivity contribution in [3.63, 3.8) is 0 Å². The summed E-state index contributed by atoms with van der Waals surface area (Å²) in [6.07, 6.45) is 0. The summed E-state index contributed by atoms with van der Waals surface area (Å²) in [5.74, 6) is 1.06. The van der Waals surface area contributed by atoms with Crippen LogP contribution in [0.5, 0.6) is 5.75 Å². The molecule has 0 aliphatic rings. The molecule has 0 aliphatic carbocycles. The minimum Gasteiger partial charge on any atom is -0.483 e. The number of oxazole rings is 1. The van der Waals surface area contributed by atoms with Gasteiger partial charge in [-0.05, 0) is 74.2 Å². The quantitative estimate of drug-likeness (QED) is 0.463. The van der Waals surface area contributed by atoms with Crippen LogP contribution in [0.15, 0.2) is 59.0 Å². The van der Waals surface area contributed by atoms with Gasteiger partial charge in [0.15, 0.2) is 12.2 Å². The summed E-state index contributed by atoms with van der Waals surface area (Å²) in [6, 6.07) is 17.6. The number of carbonyl (C=O) groups excluding carboxylic acids is 1. The molecular weight excluding hydrogens is 376 g/mol. The monoisotopic (exact) mass is 400 g/mol. The molecule has 0 unspecified atom stereocenters. The molecule has 4 aromatic rings. The molecule has 5 nitrogen and oxygen atoms in total. The number of anilines is 1. The minimum absolute atomic E-state index is 0.0580. The number of aryl methyl sites for hydroxylation is 4. The van der Waals surface area contributed by atoms with Crippen LogP contribution in [0.1, 0.15) is 22.3 Å². The van der Waals surface area contributed by atoms with Crippen LogP contribution in [0.4, 0.5) is 5.69 Å². The van der Waals surface area contributed by atoms with E-state index < -0.39 is 0 Å². The van der Waals surface area contributed by atoms with Crippen molar-refractivity contribution < 1.29 is 13.9 Å². The van der Waals surface area contributed by atoms with Crippen LogP contribution in [-0.4, -0.2) is 17.5 Å². The van der Waals surface area contributed by atoms with Gasteiger partial charge in [-0.15, -0.1) is 0 Å². The Morgan fingerprint density at radius 1 is 0.967 bits per heavy atom. The number of hydrogen-bond donors (Lipinski definition) is 1. The number of aromatic nitrogens is 1. The van der Waals surface area contributed by atoms with Crippen LogP contribution in [0.3, 0.4) is 0 Å². The summed E-state index contributed by atoms with van der Waals surface area (Å²) in [4.78, 5) is 17.1. The highest BCUT2D eigenvalue weighted by Gasteiger charge is 2.13. The van der Waals surface area contributed by atoms with Crippen LogP contribution >= 0.6 is 0 Å². The predicted octanol–water partition coefficient (Wildman–Crippen LogP) is 5.75. The molecule has 0 saturated heterocycles. The van der Waals surface area contributed by atoms with E-state index in [0.29, 0.717) is 11.6 Å². The van der Waals surface area contributed by atoms with Gasteiger partial charge in [-0.3, -0.25) is 4.79 Å². The second-order valence-electron chi connectivity index (χ2n) is 7.58. The van der Waals surface area contributed by atoms with Gasteiger partial charge in [0.25, 0.3) is 5.91 Å². The lowest BCUT2D eigenvalue weighted by molar-refractivity contribution is -0.118. The van der Waals surface area contributed by atoms with Gasteiger partial charge < -0.3 is 14.5 Å². The van der Waals surface area contributed by atoms with E-state index in [1.807, 2.05) is 82.3 Å². The zero-order valence-corrected chi connectivity index (χ0v) is 17.6. The Morgan fingerprint density at radius 3 is 2.50 bits per heavy atom. The van der Waals surface area contributed by atoms with Crippen LogP contribution < -0.4 is 10.1 Å². The third-order valence-corrected chi connectivity index (χ3v) is 5.06. The third kappa shape index (κ3) is 4.06. The van der Waals surface area contributed by atoms with Crippen molar-refractivity contribution >= 4 is 22.7 Å². The summed E-state index contributed by atoms with van der Waals surface area (Å²) in [5, 5.41) is 2.94. The van der Waals surface area contributed by atoms with E-state index in [9.17, 15) is 4.79 Å². The van der Waals surface area contributed by atoms with Crippen molar-refractivity contribution in [2.45, 2.75) is 27.7 Å². The first-order valence-corrected chi connectivity index (χ1v) is 9.88. The largest absolute Gasteiger partial charge is 0.483 e. The van der Waals surface area contributed by atoms with E-state index in [1.165, 1.54) is 0 Å². The van der Waals surface area contributed by atoms with E-state index in [1.54, 1.807) is 0 Å². The van der Waals surface area contributed by atoms with Crippen molar-refractivity contribution in [3.8, 4) is 17.2 Å². The molecule has 0 radical (unpaired) electrons. The average molecular weight is 400 g/mol. The van der Waals surface area contributed by atoms with Crippen LogP contribution in [0.25, 0.3) is 22.6 Å². The smallest absolute Gasteiger partial charge is 0.262 e. The molecule has 30 heavy (non-hydrogen) atoms. The number of para-hydroxylation sites is 1. The Labute approximate surface area is 175 Å². The molecule has 0 fully saturated rings. The Morgan fingerprint density at radius 2 is 1.73 bits per heavy atom. The third-order valence-electron chi connectivity index (χ3n) is 5.06.